The summed E-state index contributed by atoms with van der Waals surface area (Å²) in [4.78, 5) is 37.8. The highest BCUT2D eigenvalue weighted by Crippen LogP contribution is 2.35. The van der Waals surface area contributed by atoms with Crippen LogP contribution in [0.5, 0.6) is 0 Å². The van der Waals surface area contributed by atoms with Crippen molar-refractivity contribution in [3.8, 4) is 11.1 Å². The summed E-state index contributed by atoms with van der Waals surface area (Å²) in [6.07, 6.45) is 3.62. The smallest absolute Gasteiger partial charge is 0.257 e. The first-order chi connectivity index (χ1) is 21.2. The molecule has 0 bridgehead atoms. The summed E-state index contributed by atoms with van der Waals surface area (Å²) in [5, 5.41) is 10.3. The van der Waals surface area contributed by atoms with Crippen molar-refractivity contribution in [1.82, 2.24) is 29.2 Å². The molecule has 1 unspecified atom stereocenters. The summed E-state index contributed by atoms with van der Waals surface area (Å²) in [7, 11) is 0. The van der Waals surface area contributed by atoms with Gasteiger partial charge >= 0.3 is 0 Å². The molecule has 14 heteroatoms. The summed E-state index contributed by atoms with van der Waals surface area (Å²) < 4.78 is 32.9. The second-order valence-corrected chi connectivity index (χ2v) is 12.2. The Morgan fingerprint density at radius 3 is 2.66 bits per heavy atom. The van der Waals surface area contributed by atoms with Crippen LogP contribution in [0.2, 0.25) is 5.02 Å². The zero-order valence-electron chi connectivity index (χ0n) is 23.6. The van der Waals surface area contributed by atoms with E-state index in [9.17, 15) is 14.0 Å². The molecule has 0 saturated carbocycles. The van der Waals surface area contributed by atoms with Crippen LogP contribution >= 0.6 is 22.9 Å². The predicted molar refractivity (Wildman–Crippen MR) is 164 cm³/mol. The molecule has 0 spiro atoms. The van der Waals surface area contributed by atoms with Crippen molar-refractivity contribution < 1.29 is 18.4 Å². The first-order valence-electron chi connectivity index (χ1n) is 14.1. The molecule has 2 aliphatic rings. The first-order valence-corrected chi connectivity index (χ1v) is 15.4. The minimum atomic E-state index is -1.08. The number of piperazine rings is 1. The number of nitrogens with zero attached hydrogens (tertiary/aromatic N) is 7. The third kappa shape index (κ3) is 5.19. The van der Waals surface area contributed by atoms with Gasteiger partial charge in [0.2, 0.25) is 5.91 Å². The number of alkyl halides is 1. The molecule has 1 N–H and O–H groups in total. The number of hydrogen-bond donors (Lipinski definition) is 1. The van der Waals surface area contributed by atoms with Crippen molar-refractivity contribution in [1.29, 1.82) is 0 Å². The fourth-order valence-corrected chi connectivity index (χ4v) is 6.78. The van der Waals surface area contributed by atoms with Crippen LogP contribution in [0.3, 0.4) is 0 Å². The largest absolute Gasteiger partial charge is 0.367 e. The number of halogens is 3. The fraction of sp³-hybridized carbons (Fsp3) is 0.300. The third-order valence-corrected chi connectivity index (χ3v) is 9.15. The van der Waals surface area contributed by atoms with Crippen LogP contribution in [0.1, 0.15) is 24.4 Å². The Kier molecular flexibility index (Phi) is 7.29. The molecule has 226 valence electrons. The van der Waals surface area contributed by atoms with Gasteiger partial charge in [-0.3, -0.25) is 19.6 Å². The van der Waals surface area contributed by atoms with Gasteiger partial charge in [-0.2, -0.15) is 5.10 Å². The van der Waals surface area contributed by atoms with E-state index < -0.39 is 23.9 Å². The van der Waals surface area contributed by atoms with E-state index in [4.69, 9.17) is 11.6 Å². The Hall–Kier alpha value is -4.36. The number of benzene rings is 2. The molecular weight excluding hydrogens is 610 g/mol. The van der Waals surface area contributed by atoms with Gasteiger partial charge in [0.05, 0.1) is 40.2 Å². The number of nitrogens with one attached hydrogen (secondary N) is 1. The number of fused-ring (bicyclic) bond motifs is 2. The maximum atomic E-state index is 15.6. The van der Waals surface area contributed by atoms with Crippen molar-refractivity contribution in [2.45, 2.75) is 32.1 Å². The third-order valence-electron chi connectivity index (χ3n) is 8.16. The van der Waals surface area contributed by atoms with Crippen LogP contribution in [0.25, 0.3) is 22.0 Å². The van der Waals surface area contributed by atoms with E-state index in [1.54, 1.807) is 40.1 Å². The van der Waals surface area contributed by atoms with E-state index in [0.29, 0.717) is 64.4 Å². The molecule has 0 aliphatic carbocycles. The molecule has 2 amide bonds. The van der Waals surface area contributed by atoms with Crippen molar-refractivity contribution >= 4 is 56.5 Å². The quantitative estimate of drug-likeness (QED) is 0.283. The van der Waals surface area contributed by atoms with E-state index >= 15 is 4.39 Å². The molecule has 5 aromatic rings. The number of hydrogen-bond acceptors (Lipinski definition) is 7. The van der Waals surface area contributed by atoms with Gasteiger partial charge in [0.25, 0.3) is 5.91 Å². The van der Waals surface area contributed by atoms with E-state index in [-0.39, 0.29) is 24.3 Å². The first kappa shape index (κ1) is 28.4. The van der Waals surface area contributed by atoms with Crippen molar-refractivity contribution in [2.24, 2.45) is 0 Å². The number of thiazole rings is 1. The van der Waals surface area contributed by atoms with Crippen molar-refractivity contribution in [2.75, 3.05) is 36.4 Å². The molecule has 10 nitrogen and oxygen atoms in total. The normalized spacial score (nSPS) is 17.2. The molecule has 3 aromatic heterocycles. The van der Waals surface area contributed by atoms with Gasteiger partial charge in [0.15, 0.2) is 11.2 Å². The number of rotatable bonds is 6. The van der Waals surface area contributed by atoms with Gasteiger partial charge in [-0.05, 0) is 35.4 Å². The molecule has 44 heavy (non-hydrogen) atoms. The van der Waals surface area contributed by atoms with Gasteiger partial charge in [-0.15, -0.1) is 11.3 Å². The predicted octanol–water partition coefficient (Wildman–Crippen LogP) is 4.94. The standard InChI is InChI=1S/C30H27ClF2N8O2S/c1-17(42)38-5-7-39(8-6-38)25-3-2-18(10-22(25)31)19-11-23(33)21-15-41(37-24(21)12-19)28(29(43)36-30-34-4-9-44-30)27-26-13-20(32)14-40(26)16-35-27/h2-4,9-12,15-16,20,28H,5-8,13-14H2,1H3,(H,34,36,43)/t20-,28?/m1/s1. The van der Waals surface area contributed by atoms with Gasteiger partial charge in [0.1, 0.15) is 12.0 Å². The van der Waals surface area contributed by atoms with Crippen LogP contribution in [-0.4, -0.2) is 73.4 Å². The lowest BCUT2D eigenvalue weighted by molar-refractivity contribution is -0.129. The molecule has 1 fully saturated rings. The summed E-state index contributed by atoms with van der Waals surface area (Å²) >= 11 is 7.96. The van der Waals surface area contributed by atoms with Crippen LogP contribution in [0, 0.1) is 5.82 Å². The Morgan fingerprint density at radius 2 is 1.93 bits per heavy atom. The zero-order valence-corrected chi connectivity index (χ0v) is 25.2. The van der Waals surface area contributed by atoms with Crippen molar-refractivity contribution in [3.63, 3.8) is 0 Å². The maximum Gasteiger partial charge on any atom is 0.257 e. The minimum absolute atomic E-state index is 0.0552. The number of aromatic nitrogens is 5. The molecule has 1 saturated heterocycles. The lowest BCUT2D eigenvalue weighted by Gasteiger charge is -2.36. The van der Waals surface area contributed by atoms with E-state index in [1.165, 1.54) is 34.6 Å². The topological polar surface area (TPSA) is 101 Å². The lowest BCUT2D eigenvalue weighted by atomic mass is 10.0. The molecule has 2 atom stereocenters. The Morgan fingerprint density at radius 1 is 1.11 bits per heavy atom. The summed E-state index contributed by atoms with van der Waals surface area (Å²) in [6, 6.07) is 7.65. The molecule has 0 radical (unpaired) electrons. The molecular formula is C30H27ClF2N8O2S. The summed E-state index contributed by atoms with van der Waals surface area (Å²) in [6.45, 7) is 4.31. The van der Waals surface area contributed by atoms with Crippen LogP contribution in [0.15, 0.2) is 54.4 Å². The van der Waals surface area contributed by atoms with E-state index in [1.807, 2.05) is 12.1 Å². The van der Waals surface area contributed by atoms with Crippen LogP contribution in [-0.2, 0) is 22.6 Å². The molecule has 2 aliphatic heterocycles. The van der Waals surface area contributed by atoms with Crippen molar-refractivity contribution in [3.05, 3.63) is 76.7 Å². The summed E-state index contributed by atoms with van der Waals surface area (Å²) in [5.74, 6) is -0.925. The second kappa shape index (κ2) is 11.3. The molecule has 2 aromatic carbocycles. The summed E-state index contributed by atoms with van der Waals surface area (Å²) in [5.41, 5.74) is 3.43. The average Bonchev–Trinajstić information content (AvgIpc) is 3.80. The van der Waals surface area contributed by atoms with E-state index in [0.717, 1.165) is 5.69 Å². The number of carbonyl (C=O) groups is 2. The average molecular weight is 637 g/mol. The van der Waals surface area contributed by atoms with Crippen LogP contribution in [0.4, 0.5) is 19.6 Å². The lowest BCUT2D eigenvalue weighted by Crippen LogP contribution is -2.48. The highest BCUT2D eigenvalue weighted by molar-refractivity contribution is 7.13. The Balaban J connectivity index is 1.22. The highest BCUT2D eigenvalue weighted by atomic mass is 35.5. The molecule has 7 rings (SSSR count). The minimum Gasteiger partial charge on any atom is -0.367 e. The number of amides is 2. The monoisotopic (exact) mass is 636 g/mol. The SMILES string of the molecule is CC(=O)N1CCN(c2ccc(-c3cc(F)c4cn(C(C(=O)Nc5nccs5)c5ncn6c5C[C@@H](F)C6)nc4c3)cc2Cl)CC1. The van der Waals surface area contributed by atoms with Gasteiger partial charge in [-0.1, -0.05) is 17.7 Å². The number of imidazole rings is 1. The number of carbonyl (C=O) groups excluding carboxylic acids is 2. The number of anilines is 2. The fourth-order valence-electron chi connectivity index (χ4n) is 5.95. The van der Waals surface area contributed by atoms with Gasteiger partial charge in [0, 0.05) is 63.0 Å². The highest BCUT2D eigenvalue weighted by Gasteiger charge is 2.34. The molecule has 5 heterocycles. The van der Waals surface area contributed by atoms with Gasteiger partial charge < -0.3 is 14.4 Å². The zero-order chi connectivity index (χ0) is 30.5. The van der Waals surface area contributed by atoms with Gasteiger partial charge in [-0.25, -0.2) is 18.7 Å². The maximum absolute atomic E-state index is 15.6. The Labute approximate surface area is 259 Å². The second-order valence-electron chi connectivity index (χ2n) is 10.9. The Bertz CT molecular complexity index is 1880. The van der Waals surface area contributed by atoms with Crippen LogP contribution < -0.4 is 10.2 Å². The van der Waals surface area contributed by atoms with E-state index in [2.05, 4.69) is 25.3 Å².